The van der Waals surface area contributed by atoms with Gasteiger partial charge in [-0.15, -0.1) is 0 Å². The molecule has 170 valence electrons. The number of hydrogen-bond donors (Lipinski definition) is 1. The summed E-state index contributed by atoms with van der Waals surface area (Å²) in [6, 6.07) is 3.52. The maximum absolute atomic E-state index is 13.1. The Morgan fingerprint density at radius 1 is 1.23 bits per heavy atom. The zero-order valence-corrected chi connectivity index (χ0v) is 18.0. The van der Waals surface area contributed by atoms with Crippen molar-refractivity contribution < 1.29 is 35.9 Å². The average molecular weight is 459 g/mol. The van der Waals surface area contributed by atoms with Crippen LogP contribution in [0.2, 0.25) is 0 Å². The van der Waals surface area contributed by atoms with Crippen LogP contribution in [-0.4, -0.2) is 32.8 Å². The lowest BCUT2D eigenvalue weighted by Crippen LogP contribution is -2.47. The quantitative estimate of drug-likeness (QED) is 0.694. The molecule has 1 aromatic rings. The van der Waals surface area contributed by atoms with E-state index in [4.69, 9.17) is 4.74 Å². The van der Waals surface area contributed by atoms with Gasteiger partial charge in [-0.3, -0.25) is 4.79 Å². The summed E-state index contributed by atoms with van der Waals surface area (Å²) in [5.74, 6) is -0.611. The van der Waals surface area contributed by atoms with Crippen molar-refractivity contribution in [3.63, 3.8) is 0 Å². The molecule has 0 radical (unpaired) electrons. The monoisotopic (exact) mass is 459 g/mol. The number of rotatable bonds is 3. The van der Waals surface area contributed by atoms with E-state index < -0.39 is 33.0 Å². The SMILES string of the molecule is COC(=O)c1ccc2c(c1)[C@H](NS(=O)(=O)C(F)(F)F)C[C@@H]1[C@@H]2CC[C@]2(C)C(=O)CC[C@@H]12. The fraction of sp³-hybridized carbons (Fsp3) is 0.619. The van der Waals surface area contributed by atoms with E-state index >= 15 is 0 Å². The van der Waals surface area contributed by atoms with Crippen molar-refractivity contribution in [2.24, 2.45) is 17.3 Å². The highest BCUT2D eigenvalue weighted by molar-refractivity contribution is 7.90. The average Bonchev–Trinajstić information content (AvgIpc) is 3.01. The Morgan fingerprint density at radius 2 is 1.94 bits per heavy atom. The highest BCUT2D eigenvalue weighted by Crippen LogP contribution is 2.61. The van der Waals surface area contributed by atoms with Crippen molar-refractivity contribution >= 4 is 21.8 Å². The van der Waals surface area contributed by atoms with E-state index in [1.54, 1.807) is 12.1 Å². The molecule has 1 N–H and O–H groups in total. The van der Waals surface area contributed by atoms with Gasteiger partial charge in [0.15, 0.2) is 0 Å². The molecule has 0 amide bonds. The fourth-order valence-electron chi connectivity index (χ4n) is 6.00. The maximum Gasteiger partial charge on any atom is 0.511 e. The number of nitrogens with one attached hydrogen (secondary N) is 1. The Bertz CT molecular complexity index is 1040. The van der Waals surface area contributed by atoms with Gasteiger partial charge in [0.1, 0.15) is 5.78 Å². The summed E-state index contributed by atoms with van der Waals surface area (Å²) < 4.78 is 69.7. The van der Waals surface area contributed by atoms with E-state index in [1.807, 2.05) is 11.6 Å². The highest BCUT2D eigenvalue weighted by Gasteiger charge is 2.56. The van der Waals surface area contributed by atoms with Crippen LogP contribution in [0.3, 0.4) is 0 Å². The van der Waals surface area contributed by atoms with Crippen molar-refractivity contribution in [3.8, 4) is 0 Å². The molecule has 4 rings (SSSR count). The lowest BCUT2D eigenvalue weighted by molar-refractivity contribution is -0.129. The van der Waals surface area contributed by atoms with Crippen LogP contribution in [0.5, 0.6) is 0 Å². The molecule has 2 saturated carbocycles. The first-order chi connectivity index (χ1) is 14.4. The molecule has 3 aliphatic carbocycles. The number of hydrogen-bond acceptors (Lipinski definition) is 5. The Kier molecular flexibility index (Phi) is 5.24. The van der Waals surface area contributed by atoms with Gasteiger partial charge in [-0.1, -0.05) is 13.0 Å². The number of halogens is 3. The number of Topliss-reactive ketones (excluding diaryl/α,β-unsaturated/α-hetero) is 1. The Hall–Kier alpha value is -1.94. The van der Waals surface area contributed by atoms with Crippen LogP contribution in [0.25, 0.3) is 0 Å². The molecule has 0 unspecified atom stereocenters. The minimum absolute atomic E-state index is 0.00249. The molecule has 31 heavy (non-hydrogen) atoms. The first-order valence-electron chi connectivity index (χ1n) is 10.2. The molecule has 0 bridgehead atoms. The molecule has 0 aliphatic heterocycles. The van der Waals surface area contributed by atoms with Crippen LogP contribution < -0.4 is 4.72 Å². The van der Waals surface area contributed by atoms with Gasteiger partial charge in [-0.25, -0.2) is 13.2 Å². The third-order valence-electron chi connectivity index (χ3n) is 7.54. The Morgan fingerprint density at radius 3 is 2.58 bits per heavy atom. The summed E-state index contributed by atoms with van der Waals surface area (Å²) in [4.78, 5) is 24.5. The van der Waals surface area contributed by atoms with Crippen molar-refractivity contribution in [2.45, 2.75) is 56.5 Å². The predicted octanol–water partition coefficient (Wildman–Crippen LogP) is 3.84. The van der Waals surface area contributed by atoms with Crippen LogP contribution in [0.4, 0.5) is 13.2 Å². The maximum atomic E-state index is 13.1. The van der Waals surface area contributed by atoms with Crippen LogP contribution in [0, 0.1) is 17.3 Å². The van der Waals surface area contributed by atoms with Crippen molar-refractivity contribution in [2.75, 3.05) is 7.11 Å². The van der Waals surface area contributed by atoms with Crippen molar-refractivity contribution in [1.82, 2.24) is 4.72 Å². The first kappa shape index (κ1) is 22.3. The lowest BCUT2D eigenvalue weighted by atomic mass is 9.55. The summed E-state index contributed by atoms with van der Waals surface area (Å²) >= 11 is 0. The molecular formula is C21H24F3NO5S. The van der Waals surface area contributed by atoms with Gasteiger partial charge in [0, 0.05) is 17.9 Å². The zero-order chi connectivity index (χ0) is 22.8. The number of alkyl halides is 3. The van der Waals surface area contributed by atoms with E-state index in [-0.39, 0.29) is 35.5 Å². The zero-order valence-electron chi connectivity index (χ0n) is 17.2. The largest absolute Gasteiger partial charge is 0.511 e. The van der Waals surface area contributed by atoms with E-state index in [0.717, 1.165) is 5.56 Å². The molecule has 2 fully saturated rings. The van der Waals surface area contributed by atoms with Crippen LogP contribution >= 0.6 is 0 Å². The number of ether oxygens (including phenoxy) is 1. The Balaban J connectivity index is 1.79. The molecule has 6 nitrogen and oxygen atoms in total. The summed E-state index contributed by atoms with van der Waals surface area (Å²) in [5.41, 5.74) is -4.72. The standard InChI is InChI=1S/C21H24F3NO5S/c1-20-8-7-13-12-4-3-11(19(27)30-2)9-15(12)17(25-31(28,29)21(22,23)24)10-14(13)16(20)5-6-18(20)26/h3-4,9,13-14,16-17,25H,5-8,10H2,1-2H3/t13-,14-,16+,17-,20+/m1/s1. The third kappa shape index (κ3) is 3.47. The van der Waals surface area contributed by atoms with Gasteiger partial charge in [-0.2, -0.15) is 17.9 Å². The van der Waals surface area contributed by atoms with Crippen LogP contribution in [0.1, 0.15) is 72.5 Å². The topological polar surface area (TPSA) is 89.5 Å². The smallest absolute Gasteiger partial charge is 0.465 e. The molecule has 0 heterocycles. The number of esters is 1. The Labute approximate surface area is 178 Å². The van der Waals surface area contributed by atoms with Gasteiger partial charge in [0.25, 0.3) is 0 Å². The minimum Gasteiger partial charge on any atom is -0.465 e. The molecule has 1 aromatic carbocycles. The molecule has 5 atom stereocenters. The predicted molar refractivity (Wildman–Crippen MR) is 105 cm³/mol. The minimum atomic E-state index is -5.60. The number of benzene rings is 1. The number of ketones is 1. The van der Waals surface area contributed by atoms with Gasteiger partial charge in [-0.05, 0) is 66.7 Å². The van der Waals surface area contributed by atoms with Gasteiger partial charge < -0.3 is 4.74 Å². The second-order valence-electron chi connectivity index (χ2n) is 8.99. The van der Waals surface area contributed by atoms with Gasteiger partial charge in [0.05, 0.1) is 12.7 Å². The molecule has 3 aliphatic rings. The van der Waals surface area contributed by atoms with Crippen molar-refractivity contribution in [1.29, 1.82) is 0 Å². The van der Waals surface area contributed by atoms with E-state index in [1.165, 1.54) is 13.2 Å². The molecule has 10 heteroatoms. The molecule has 0 aromatic heterocycles. The van der Waals surface area contributed by atoms with E-state index in [0.29, 0.717) is 31.2 Å². The fourth-order valence-corrected chi connectivity index (χ4v) is 6.73. The highest BCUT2D eigenvalue weighted by atomic mass is 32.2. The number of methoxy groups -OCH3 is 1. The van der Waals surface area contributed by atoms with E-state index in [9.17, 15) is 31.2 Å². The van der Waals surface area contributed by atoms with E-state index in [2.05, 4.69) is 0 Å². The van der Waals surface area contributed by atoms with Crippen LogP contribution in [0.15, 0.2) is 18.2 Å². The number of carbonyl (C=O) groups is 2. The van der Waals surface area contributed by atoms with Gasteiger partial charge >= 0.3 is 21.5 Å². The summed E-state index contributed by atoms with van der Waals surface area (Å²) in [6.45, 7) is 1.92. The van der Waals surface area contributed by atoms with Crippen molar-refractivity contribution in [3.05, 3.63) is 34.9 Å². The molecule has 0 spiro atoms. The number of sulfonamides is 1. The summed E-state index contributed by atoms with van der Waals surface area (Å²) in [5, 5.41) is 0. The van der Waals surface area contributed by atoms with Crippen LogP contribution in [-0.2, 0) is 19.6 Å². The summed E-state index contributed by atoms with van der Waals surface area (Å²) in [6.07, 6.45) is 2.62. The summed E-state index contributed by atoms with van der Waals surface area (Å²) in [7, 11) is -4.40. The molecule has 0 saturated heterocycles. The number of fused-ring (bicyclic) bond motifs is 5. The number of carbonyl (C=O) groups excluding carboxylic acids is 2. The van der Waals surface area contributed by atoms with Gasteiger partial charge in [0.2, 0.25) is 0 Å². The third-order valence-corrected chi connectivity index (χ3v) is 8.74. The lowest BCUT2D eigenvalue weighted by Gasteiger charge is -2.50. The second kappa shape index (κ2) is 7.30. The first-order valence-corrected chi connectivity index (χ1v) is 11.7. The normalized spacial score (nSPS) is 32.7. The second-order valence-corrected chi connectivity index (χ2v) is 10.7. The molecular weight excluding hydrogens is 435 g/mol.